The lowest BCUT2D eigenvalue weighted by Crippen LogP contribution is -2.56. The molecule has 4 atom stereocenters. The normalized spacial score (nSPS) is 20.3. The second-order valence-corrected chi connectivity index (χ2v) is 19.9. The summed E-state index contributed by atoms with van der Waals surface area (Å²) in [4.78, 5) is 4.41. The van der Waals surface area contributed by atoms with Crippen molar-refractivity contribution in [1.82, 2.24) is 0 Å². The summed E-state index contributed by atoms with van der Waals surface area (Å²) in [6.45, 7) is 9.19. The van der Waals surface area contributed by atoms with Gasteiger partial charge in [-0.15, -0.1) is 0 Å². The first kappa shape index (κ1) is 42.1. The predicted molar refractivity (Wildman–Crippen MR) is 289 cm³/mol. The van der Waals surface area contributed by atoms with Gasteiger partial charge in [0.2, 0.25) is 0 Å². The molecular formula is C66H50F2N2. The van der Waals surface area contributed by atoms with Gasteiger partial charge < -0.3 is 9.80 Å². The molecule has 0 bridgehead atoms. The van der Waals surface area contributed by atoms with Gasteiger partial charge in [0.15, 0.2) is 0 Å². The Morgan fingerprint density at radius 1 is 0.500 bits per heavy atom. The minimum atomic E-state index is -0.701. The highest BCUT2D eigenvalue weighted by Crippen LogP contribution is 2.62. The Hall–Kier alpha value is -8.08. The maximum absolute atomic E-state index is 17.9. The van der Waals surface area contributed by atoms with E-state index in [2.05, 4.69) is 159 Å². The first-order valence-electron chi connectivity index (χ1n) is 24.5. The average Bonchev–Trinajstić information content (AvgIpc) is 3.40. The van der Waals surface area contributed by atoms with E-state index in [1.807, 2.05) is 84.9 Å². The van der Waals surface area contributed by atoms with E-state index in [1.54, 1.807) is 12.1 Å². The number of nitrogens with zero attached hydrogens (tertiary/aromatic N) is 2. The number of allylic oxidation sites excluding steroid dienone is 4. The van der Waals surface area contributed by atoms with E-state index in [1.165, 1.54) is 11.1 Å². The molecule has 13 rings (SSSR count). The van der Waals surface area contributed by atoms with E-state index in [4.69, 9.17) is 0 Å². The van der Waals surface area contributed by atoms with Crippen molar-refractivity contribution in [3.63, 3.8) is 0 Å². The van der Waals surface area contributed by atoms with Gasteiger partial charge >= 0.3 is 0 Å². The third-order valence-corrected chi connectivity index (χ3v) is 15.7. The molecule has 0 saturated heterocycles. The van der Waals surface area contributed by atoms with Crippen LogP contribution < -0.4 is 9.80 Å². The zero-order valence-electron chi connectivity index (χ0n) is 39.6. The van der Waals surface area contributed by atoms with E-state index in [0.29, 0.717) is 11.4 Å². The van der Waals surface area contributed by atoms with Crippen molar-refractivity contribution in [2.24, 2.45) is 11.8 Å². The summed E-state index contributed by atoms with van der Waals surface area (Å²) >= 11 is 0. The summed E-state index contributed by atoms with van der Waals surface area (Å²) in [5.41, 5.74) is 11.4. The number of hydrogen-bond acceptors (Lipinski definition) is 2. The molecule has 0 N–H and O–H groups in total. The van der Waals surface area contributed by atoms with Crippen LogP contribution >= 0.6 is 0 Å². The number of rotatable bonds is 7. The molecule has 10 aromatic carbocycles. The SMILES string of the molecule is CC1C=CC2(C)C3=C1C(C)C=CC3(C)N(c1ccc3ccc4c(N(c5ccccc5)c5c(F)cc(-c6ccccc6)cc5-c5ccccc5)ccc5ccc1c3c54)c1c(F)cc(-c3ccccc3)cc12. The summed E-state index contributed by atoms with van der Waals surface area (Å²) in [5, 5.41) is 6.33. The van der Waals surface area contributed by atoms with E-state index >= 15 is 8.78 Å². The highest BCUT2D eigenvalue weighted by molar-refractivity contribution is 6.28. The van der Waals surface area contributed by atoms with Gasteiger partial charge in [-0.2, -0.15) is 0 Å². The molecule has 4 heteroatoms. The maximum Gasteiger partial charge on any atom is 0.148 e. The van der Waals surface area contributed by atoms with Crippen LogP contribution in [-0.2, 0) is 5.41 Å². The molecule has 0 fully saturated rings. The third kappa shape index (κ3) is 6.15. The van der Waals surface area contributed by atoms with Crippen molar-refractivity contribution in [1.29, 1.82) is 0 Å². The van der Waals surface area contributed by atoms with Crippen LogP contribution in [0, 0.1) is 23.5 Å². The monoisotopic (exact) mass is 908 g/mol. The number of para-hydroxylation sites is 1. The Morgan fingerprint density at radius 3 is 1.69 bits per heavy atom. The molecule has 0 amide bonds. The van der Waals surface area contributed by atoms with E-state index in [-0.39, 0.29) is 23.5 Å². The van der Waals surface area contributed by atoms with Crippen LogP contribution in [0.4, 0.5) is 37.2 Å². The summed E-state index contributed by atoms with van der Waals surface area (Å²) < 4.78 is 35.5. The lowest BCUT2D eigenvalue weighted by Gasteiger charge is -2.58. The van der Waals surface area contributed by atoms with Crippen LogP contribution in [0.5, 0.6) is 0 Å². The number of benzene rings is 10. The largest absolute Gasteiger partial charge is 0.325 e. The Labute approximate surface area is 408 Å². The first-order chi connectivity index (χ1) is 34.1. The molecule has 3 aliphatic rings. The molecule has 0 spiro atoms. The molecule has 0 radical (unpaired) electrons. The van der Waals surface area contributed by atoms with Gasteiger partial charge in [0.1, 0.15) is 11.6 Å². The van der Waals surface area contributed by atoms with Crippen LogP contribution in [0.1, 0.15) is 33.3 Å². The van der Waals surface area contributed by atoms with Crippen molar-refractivity contribution >= 4 is 60.8 Å². The Bertz CT molecular complexity index is 3800. The van der Waals surface area contributed by atoms with Crippen LogP contribution in [0.2, 0.25) is 0 Å². The molecule has 10 aromatic rings. The molecule has 2 nitrogen and oxygen atoms in total. The van der Waals surface area contributed by atoms with E-state index in [0.717, 1.165) is 88.3 Å². The molecule has 4 unspecified atom stereocenters. The maximum atomic E-state index is 17.9. The van der Waals surface area contributed by atoms with Crippen molar-refractivity contribution in [2.45, 2.75) is 38.6 Å². The molecular weight excluding hydrogens is 859 g/mol. The number of halogens is 2. The van der Waals surface area contributed by atoms with Gasteiger partial charge in [0, 0.05) is 27.4 Å². The molecule has 1 heterocycles. The van der Waals surface area contributed by atoms with Crippen LogP contribution in [0.15, 0.2) is 230 Å². The average molecular weight is 909 g/mol. The molecule has 0 aromatic heterocycles. The third-order valence-electron chi connectivity index (χ3n) is 15.7. The zero-order valence-corrected chi connectivity index (χ0v) is 39.6. The summed E-state index contributed by atoms with van der Waals surface area (Å²) in [7, 11) is 0. The van der Waals surface area contributed by atoms with Gasteiger partial charge in [-0.1, -0.05) is 189 Å². The van der Waals surface area contributed by atoms with Gasteiger partial charge in [0.05, 0.1) is 28.3 Å². The number of fused-ring (bicyclic) bond motifs is 2. The Balaban J connectivity index is 1.08. The van der Waals surface area contributed by atoms with Crippen molar-refractivity contribution in [3.8, 4) is 33.4 Å². The van der Waals surface area contributed by atoms with Crippen LogP contribution in [0.25, 0.3) is 65.7 Å². The van der Waals surface area contributed by atoms with Crippen molar-refractivity contribution in [3.05, 3.63) is 247 Å². The second-order valence-electron chi connectivity index (χ2n) is 19.9. The van der Waals surface area contributed by atoms with E-state index < -0.39 is 11.0 Å². The number of anilines is 5. The van der Waals surface area contributed by atoms with Crippen molar-refractivity contribution in [2.75, 3.05) is 9.80 Å². The predicted octanol–water partition coefficient (Wildman–Crippen LogP) is 18.2. The summed E-state index contributed by atoms with van der Waals surface area (Å²) in [6.07, 6.45) is 9.35. The molecule has 2 aliphatic carbocycles. The second kappa shape index (κ2) is 15.7. The van der Waals surface area contributed by atoms with Crippen LogP contribution in [-0.4, -0.2) is 5.54 Å². The van der Waals surface area contributed by atoms with E-state index in [9.17, 15) is 0 Å². The quantitative estimate of drug-likeness (QED) is 0.116. The van der Waals surface area contributed by atoms with Crippen molar-refractivity contribution < 1.29 is 8.78 Å². The van der Waals surface area contributed by atoms with Gasteiger partial charge in [0.25, 0.3) is 0 Å². The Kier molecular flexibility index (Phi) is 9.45. The fraction of sp³-hybridized carbons (Fsp3) is 0.121. The molecule has 338 valence electrons. The lowest BCUT2D eigenvalue weighted by molar-refractivity contribution is 0.451. The summed E-state index contributed by atoms with van der Waals surface area (Å²) in [6, 6.07) is 65.7. The highest BCUT2D eigenvalue weighted by atomic mass is 19.1. The number of hydrogen-bond donors (Lipinski definition) is 0. The van der Waals surface area contributed by atoms with Gasteiger partial charge in [-0.3, -0.25) is 0 Å². The highest BCUT2D eigenvalue weighted by Gasteiger charge is 2.55. The smallest absolute Gasteiger partial charge is 0.148 e. The zero-order chi connectivity index (χ0) is 47.5. The molecule has 1 aliphatic heterocycles. The minimum absolute atomic E-state index is 0.224. The van der Waals surface area contributed by atoms with Crippen LogP contribution in [0.3, 0.4) is 0 Å². The fourth-order valence-corrected chi connectivity index (χ4v) is 12.7. The van der Waals surface area contributed by atoms with Gasteiger partial charge in [-0.05, 0) is 135 Å². The first-order valence-corrected chi connectivity index (χ1v) is 24.5. The van der Waals surface area contributed by atoms with Gasteiger partial charge in [-0.25, -0.2) is 8.78 Å². The fourth-order valence-electron chi connectivity index (χ4n) is 12.7. The molecule has 70 heavy (non-hydrogen) atoms. The standard InChI is InChI=1S/C66H50F2N2/c1-41-33-35-65(3)54-38-49(44-19-11-6-12-20-44)40-56(68)63(54)70(66(4)36-34-42(2)59(41)64(65)66)58-32-28-47-25-29-51-57(31-27-46-26-30-52(58)61(47)60(46)51)69(50-23-15-8-16-24-50)62-53(45-21-13-7-14-22-45)37-48(39-55(62)67)43-17-9-5-10-18-43/h5-42H,1-4H3. The molecule has 0 saturated carbocycles. The minimum Gasteiger partial charge on any atom is -0.325 e. The topological polar surface area (TPSA) is 6.48 Å². The Morgan fingerprint density at radius 2 is 1.03 bits per heavy atom. The summed E-state index contributed by atoms with van der Waals surface area (Å²) in [5.74, 6) is -0.127. The lowest BCUT2D eigenvalue weighted by atomic mass is 9.56.